The third-order valence-corrected chi connectivity index (χ3v) is 6.56. The Hall–Kier alpha value is -2.62. The van der Waals surface area contributed by atoms with Crippen molar-refractivity contribution in [1.29, 1.82) is 0 Å². The van der Waals surface area contributed by atoms with Gasteiger partial charge in [-0.15, -0.1) is 0 Å². The third-order valence-electron chi connectivity index (χ3n) is 5.29. The van der Waals surface area contributed by atoms with Gasteiger partial charge in [-0.1, -0.05) is 18.5 Å². The number of benzene rings is 1. The Balaban J connectivity index is 1.58. The molecule has 4 heterocycles. The van der Waals surface area contributed by atoms with Crippen molar-refractivity contribution in [3.05, 3.63) is 46.6 Å². The maximum Gasteiger partial charge on any atom is 0.289 e. The summed E-state index contributed by atoms with van der Waals surface area (Å²) in [6.45, 7) is 3.64. The second-order valence-corrected chi connectivity index (χ2v) is 8.79. The van der Waals surface area contributed by atoms with Gasteiger partial charge in [-0.05, 0) is 41.7 Å². The van der Waals surface area contributed by atoms with Crippen LogP contribution in [0.5, 0.6) is 0 Å². The first-order chi connectivity index (χ1) is 14.5. The van der Waals surface area contributed by atoms with Gasteiger partial charge in [-0.25, -0.2) is 14.7 Å². The van der Waals surface area contributed by atoms with Crippen LogP contribution in [0.1, 0.15) is 19.0 Å². The van der Waals surface area contributed by atoms with E-state index in [1.807, 2.05) is 18.2 Å². The first kappa shape index (κ1) is 19.3. The Kier molecular flexibility index (Phi) is 4.88. The standard InChI is InChI=1S/C20H20ClN7OS/c1-2-14-17(21)16-18(24-14)25-20(26-19(16)27-6-5-12(22)9-27)30-13-4-3-11-8-28(29)10-23-15(11)7-13/h3-4,7-8,10,12H,2,5-6,9,22H2,1H3,(H,24,25,26)/t12-/m0/s1. The first-order valence-electron chi connectivity index (χ1n) is 9.77. The molecule has 10 heteroatoms. The van der Waals surface area contributed by atoms with Gasteiger partial charge in [-0.2, -0.15) is 0 Å². The molecule has 1 atom stereocenters. The molecule has 0 aliphatic carbocycles. The van der Waals surface area contributed by atoms with E-state index in [4.69, 9.17) is 27.3 Å². The molecule has 0 spiro atoms. The highest BCUT2D eigenvalue weighted by Crippen LogP contribution is 2.37. The zero-order valence-corrected chi connectivity index (χ0v) is 17.9. The second kappa shape index (κ2) is 7.57. The molecule has 30 heavy (non-hydrogen) atoms. The number of aromatic nitrogens is 5. The van der Waals surface area contributed by atoms with Crippen molar-refractivity contribution in [3.63, 3.8) is 0 Å². The van der Waals surface area contributed by atoms with Gasteiger partial charge in [0.15, 0.2) is 10.7 Å². The Morgan fingerprint density at radius 2 is 2.27 bits per heavy atom. The van der Waals surface area contributed by atoms with Crippen molar-refractivity contribution >= 4 is 51.1 Å². The van der Waals surface area contributed by atoms with Gasteiger partial charge in [0.05, 0.1) is 15.8 Å². The fourth-order valence-corrected chi connectivity index (χ4v) is 4.91. The van der Waals surface area contributed by atoms with Crippen LogP contribution >= 0.6 is 23.4 Å². The molecule has 1 fully saturated rings. The van der Waals surface area contributed by atoms with Crippen LogP contribution in [-0.2, 0) is 6.42 Å². The molecule has 1 aromatic carbocycles. The molecule has 0 radical (unpaired) electrons. The number of hydrogen-bond donors (Lipinski definition) is 2. The van der Waals surface area contributed by atoms with Gasteiger partial charge in [0.25, 0.3) is 6.33 Å². The Morgan fingerprint density at radius 1 is 1.40 bits per heavy atom. The lowest BCUT2D eigenvalue weighted by molar-refractivity contribution is -0.607. The predicted molar refractivity (Wildman–Crippen MR) is 118 cm³/mol. The highest BCUT2D eigenvalue weighted by molar-refractivity contribution is 7.99. The van der Waals surface area contributed by atoms with Gasteiger partial charge in [0, 0.05) is 35.8 Å². The molecule has 3 aromatic heterocycles. The third kappa shape index (κ3) is 3.42. The van der Waals surface area contributed by atoms with Crippen LogP contribution in [0.4, 0.5) is 5.82 Å². The number of fused-ring (bicyclic) bond motifs is 2. The van der Waals surface area contributed by atoms with Crippen molar-refractivity contribution in [2.24, 2.45) is 5.73 Å². The van der Waals surface area contributed by atoms with Crippen molar-refractivity contribution < 1.29 is 4.73 Å². The molecule has 4 aromatic rings. The Bertz CT molecular complexity index is 1260. The monoisotopic (exact) mass is 441 g/mol. The van der Waals surface area contributed by atoms with Gasteiger partial charge < -0.3 is 20.8 Å². The highest BCUT2D eigenvalue weighted by Gasteiger charge is 2.26. The largest absolute Gasteiger partial charge is 0.711 e. The molecule has 1 aliphatic heterocycles. The van der Waals surface area contributed by atoms with E-state index in [0.717, 1.165) is 64.3 Å². The number of nitrogens with one attached hydrogen (secondary N) is 1. The van der Waals surface area contributed by atoms with Crippen molar-refractivity contribution in [1.82, 2.24) is 19.9 Å². The summed E-state index contributed by atoms with van der Waals surface area (Å²) >= 11 is 8.11. The predicted octanol–water partition coefficient (Wildman–Crippen LogP) is 3.04. The summed E-state index contributed by atoms with van der Waals surface area (Å²) in [5.74, 6) is 0.822. The van der Waals surface area contributed by atoms with Gasteiger partial charge >= 0.3 is 0 Å². The minimum atomic E-state index is 0.129. The van der Waals surface area contributed by atoms with Crippen LogP contribution in [0.15, 0.2) is 40.8 Å². The summed E-state index contributed by atoms with van der Waals surface area (Å²) in [7, 11) is 0. The van der Waals surface area contributed by atoms with Gasteiger partial charge in [0.1, 0.15) is 17.7 Å². The molecular formula is C20H20ClN7OS. The zero-order valence-electron chi connectivity index (χ0n) is 16.3. The molecule has 1 aliphatic rings. The van der Waals surface area contributed by atoms with Gasteiger partial charge in [-0.3, -0.25) is 0 Å². The molecule has 0 bridgehead atoms. The van der Waals surface area contributed by atoms with Crippen LogP contribution < -0.4 is 15.4 Å². The molecular weight excluding hydrogens is 422 g/mol. The highest BCUT2D eigenvalue weighted by atomic mass is 35.5. The number of nitrogens with zero attached hydrogens (tertiary/aromatic N) is 5. The molecule has 0 saturated carbocycles. The molecule has 5 rings (SSSR count). The quantitative estimate of drug-likeness (QED) is 0.284. The Morgan fingerprint density at radius 3 is 3.03 bits per heavy atom. The van der Waals surface area contributed by atoms with Crippen LogP contribution in [0.3, 0.4) is 0 Å². The van der Waals surface area contributed by atoms with E-state index < -0.39 is 0 Å². The molecule has 3 N–H and O–H groups in total. The number of aromatic amines is 1. The lowest BCUT2D eigenvalue weighted by Crippen LogP contribution is -2.27. The van der Waals surface area contributed by atoms with E-state index in [1.165, 1.54) is 24.3 Å². The molecule has 154 valence electrons. The van der Waals surface area contributed by atoms with Crippen LogP contribution in [0, 0.1) is 5.21 Å². The first-order valence-corrected chi connectivity index (χ1v) is 11.0. The fraction of sp³-hybridized carbons (Fsp3) is 0.300. The van der Waals surface area contributed by atoms with Crippen LogP contribution in [-0.4, -0.2) is 39.1 Å². The smallest absolute Gasteiger partial charge is 0.289 e. The average Bonchev–Trinajstić information content (AvgIpc) is 3.30. The zero-order chi connectivity index (χ0) is 20.8. The SMILES string of the molecule is CCc1[nH]c2nc(Sc3ccc4c[n+]([O-])cnc4c3)nc(N3CC[C@H](N)C3)c2c1Cl. The minimum Gasteiger partial charge on any atom is -0.711 e. The second-order valence-electron chi connectivity index (χ2n) is 7.38. The number of rotatable bonds is 4. The van der Waals surface area contributed by atoms with E-state index in [1.54, 1.807) is 0 Å². The van der Waals surface area contributed by atoms with Crippen molar-refractivity contribution in [2.45, 2.75) is 35.9 Å². The normalized spacial score (nSPS) is 16.8. The number of halogens is 1. The number of aryl methyl sites for hydroxylation is 1. The van der Waals surface area contributed by atoms with Gasteiger partial charge in [0.2, 0.25) is 0 Å². The van der Waals surface area contributed by atoms with E-state index in [-0.39, 0.29) is 6.04 Å². The summed E-state index contributed by atoms with van der Waals surface area (Å²) in [4.78, 5) is 20.3. The van der Waals surface area contributed by atoms with Crippen molar-refractivity contribution in [3.8, 4) is 0 Å². The summed E-state index contributed by atoms with van der Waals surface area (Å²) in [5.41, 5.74) is 8.57. The van der Waals surface area contributed by atoms with E-state index >= 15 is 0 Å². The number of H-pyrrole nitrogens is 1. The molecule has 8 nitrogen and oxygen atoms in total. The van der Waals surface area contributed by atoms with E-state index in [9.17, 15) is 5.21 Å². The minimum absolute atomic E-state index is 0.129. The number of hydrogen-bond acceptors (Lipinski definition) is 7. The van der Waals surface area contributed by atoms with Crippen LogP contribution in [0.25, 0.3) is 21.9 Å². The number of anilines is 1. The molecule has 1 saturated heterocycles. The van der Waals surface area contributed by atoms with E-state index in [2.05, 4.69) is 21.8 Å². The lowest BCUT2D eigenvalue weighted by Gasteiger charge is -2.18. The maximum atomic E-state index is 11.4. The summed E-state index contributed by atoms with van der Waals surface area (Å²) in [5, 5.41) is 14.4. The maximum absolute atomic E-state index is 11.4. The molecule has 0 unspecified atom stereocenters. The fourth-order valence-electron chi connectivity index (χ4n) is 3.77. The summed E-state index contributed by atoms with van der Waals surface area (Å²) < 4.78 is 0.694. The van der Waals surface area contributed by atoms with Crippen LogP contribution in [0.2, 0.25) is 5.02 Å². The summed E-state index contributed by atoms with van der Waals surface area (Å²) in [6.07, 6.45) is 4.46. The van der Waals surface area contributed by atoms with E-state index in [0.29, 0.717) is 14.9 Å². The molecule has 0 amide bonds. The average molecular weight is 442 g/mol. The Labute approximate surface area is 182 Å². The van der Waals surface area contributed by atoms with Crippen molar-refractivity contribution in [2.75, 3.05) is 18.0 Å². The number of nitrogens with two attached hydrogens (primary N) is 1. The topological polar surface area (TPSA) is 111 Å². The lowest BCUT2D eigenvalue weighted by atomic mass is 10.2. The summed E-state index contributed by atoms with van der Waals surface area (Å²) in [6, 6.07) is 5.87.